The van der Waals surface area contributed by atoms with Crippen LogP contribution in [0.3, 0.4) is 0 Å². The van der Waals surface area contributed by atoms with Crippen LogP contribution in [0.25, 0.3) is 0 Å². The van der Waals surface area contributed by atoms with Gasteiger partial charge in [-0.15, -0.1) is 0 Å². The Labute approximate surface area is 182 Å². The Hall–Kier alpha value is -3.39. The SMILES string of the molecule is CC1=C(C)C(O/C=C2/C(=O)N(C(=O)O)C3c4ccccc4CC23)N(c2ccsc2)C1=O. The summed E-state index contributed by atoms with van der Waals surface area (Å²) >= 11 is 1.48. The number of nitrogens with zero attached hydrogens (tertiary/aromatic N) is 2. The smallest absolute Gasteiger partial charge is 0.414 e. The first-order valence-electron chi connectivity index (χ1n) is 9.93. The van der Waals surface area contributed by atoms with Gasteiger partial charge < -0.3 is 9.84 Å². The number of carbonyl (C=O) groups excluding carboxylic acids is 2. The molecule has 8 heteroatoms. The highest BCUT2D eigenvalue weighted by Crippen LogP contribution is 2.49. The molecule has 158 valence electrons. The summed E-state index contributed by atoms with van der Waals surface area (Å²) in [5.74, 6) is -1.02. The summed E-state index contributed by atoms with van der Waals surface area (Å²) in [5, 5.41) is 13.5. The molecule has 1 aliphatic carbocycles. The van der Waals surface area contributed by atoms with E-state index in [-0.39, 0.29) is 11.8 Å². The molecule has 3 atom stereocenters. The summed E-state index contributed by atoms with van der Waals surface area (Å²) in [6, 6.07) is 8.88. The first-order chi connectivity index (χ1) is 14.9. The molecule has 2 aliphatic heterocycles. The molecular weight excluding hydrogens is 416 g/mol. The number of rotatable bonds is 3. The molecule has 1 saturated heterocycles. The van der Waals surface area contributed by atoms with Gasteiger partial charge in [0.15, 0.2) is 0 Å². The van der Waals surface area contributed by atoms with Crippen LogP contribution >= 0.6 is 11.3 Å². The molecule has 1 N–H and O–H groups in total. The zero-order valence-electron chi connectivity index (χ0n) is 16.9. The third kappa shape index (κ3) is 2.82. The summed E-state index contributed by atoms with van der Waals surface area (Å²) in [5.41, 5.74) is 4.30. The maximum Gasteiger partial charge on any atom is 0.414 e. The van der Waals surface area contributed by atoms with Crippen molar-refractivity contribution in [3.05, 3.63) is 75.2 Å². The van der Waals surface area contributed by atoms with E-state index in [9.17, 15) is 19.5 Å². The highest BCUT2D eigenvalue weighted by molar-refractivity contribution is 7.08. The normalized spacial score (nSPS) is 26.1. The Balaban J connectivity index is 1.50. The monoisotopic (exact) mass is 436 g/mol. The first kappa shape index (κ1) is 19.6. The summed E-state index contributed by atoms with van der Waals surface area (Å²) in [7, 11) is 0. The summed E-state index contributed by atoms with van der Waals surface area (Å²) in [4.78, 5) is 40.1. The van der Waals surface area contributed by atoms with E-state index in [1.54, 1.807) is 11.8 Å². The number of thiophene rings is 1. The van der Waals surface area contributed by atoms with Crippen LogP contribution in [-0.2, 0) is 20.7 Å². The molecular formula is C23H20N2O5S. The third-order valence-corrected chi connectivity index (χ3v) is 7.06. The highest BCUT2D eigenvalue weighted by atomic mass is 32.1. The predicted octanol–water partition coefficient (Wildman–Crippen LogP) is 4.09. The van der Waals surface area contributed by atoms with Crippen molar-refractivity contribution in [3.8, 4) is 0 Å². The van der Waals surface area contributed by atoms with E-state index in [1.165, 1.54) is 17.6 Å². The van der Waals surface area contributed by atoms with Crippen molar-refractivity contribution in [2.75, 3.05) is 4.90 Å². The van der Waals surface area contributed by atoms with Gasteiger partial charge in [-0.1, -0.05) is 24.3 Å². The lowest BCUT2D eigenvalue weighted by Gasteiger charge is -2.25. The lowest BCUT2D eigenvalue weighted by molar-refractivity contribution is -0.124. The van der Waals surface area contributed by atoms with Crippen LogP contribution in [0, 0.1) is 5.92 Å². The minimum Gasteiger partial charge on any atom is -0.473 e. The van der Waals surface area contributed by atoms with Crippen molar-refractivity contribution in [2.24, 2.45) is 5.92 Å². The van der Waals surface area contributed by atoms with Crippen LogP contribution in [0.4, 0.5) is 10.5 Å². The molecule has 1 aromatic carbocycles. The topological polar surface area (TPSA) is 87.2 Å². The Bertz CT molecular complexity index is 1170. The van der Waals surface area contributed by atoms with Crippen LogP contribution in [0.5, 0.6) is 0 Å². The average Bonchev–Trinajstić information content (AvgIpc) is 3.48. The molecule has 2 aromatic rings. The number of imide groups is 1. The molecule has 3 amide bonds. The number of amides is 3. The van der Waals surface area contributed by atoms with Gasteiger partial charge in [-0.05, 0) is 48.4 Å². The van der Waals surface area contributed by atoms with Gasteiger partial charge in [-0.3, -0.25) is 14.5 Å². The second-order valence-electron chi connectivity index (χ2n) is 7.94. The van der Waals surface area contributed by atoms with Gasteiger partial charge >= 0.3 is 6.09 Å². The van der Waals surface area contributed by atoms with Gasteiger partial charge in [-0.2, -0.15) is 11.3 Å². The van der Waals surface area contributed by atoms with E-state index in [4.69, 9.17) is 4.74 Å². The number of hydrogen-bond acceptors (Lipinski definition) is 5. The Morgan fingerprint density at radius 2 is 1.97 bits per heavy atom. The van der Waals surface area contributed by atoms with Gasteiger partial charge in [-0.25, -0.2) is 9.69 Å². The summed E-state index contributed by atoms with van der Waals surface area (Å²) in [6.45, 7) is 3.58. The Morgan fingerprint density at radius 1 is 1.19 bits per heavy atom. The predicted molar refractivity (Wildman–Crippen MR) is 114 cm³/mol. The van der Waals surface area contributed by atoms with Crippen LogP contribution < -0.4 is 4.90 Å². The Morgan fingerprint density at radius 3 is 2.68 bits per heavy atom. The minimum atomic E-state index is -1.28. The Kier molecular flexibility index (Phi) is 4.48. The fourth-order valence-corrected chi connectivity index (χ4v) is 5.35. The van der Waals surface area contributed by atoms with E-state index < -0.39 is 24.3 Å². The third-order valence-electron chi connectivity index (χ3n) is 6.39. The van der Waals surface area contributed by atoms with E-state index in [2.05, 4.69) is 0 Å². The molecule has 7 nitrogen and oxygen atoms in total. The maximum absolute atomic E-state index is 13.0. The zero-order chi connectivity index (χ0) is 21.9. The molecule has 0 bridgehead atoms. The van der Waals surface area contributed by atoms with Crippen molar-refractivity contribution in [2.45, 2.75) is 32.5 Å². The number of likely N-dealkylation sites (tertiary alicyclic amines) is 1. The second kappa shape index (κ2) is 7.09. The highest BCUT2D eigenvalue weighted by Gasteiger charge is 2.52. The quantitative estimate of drug-likeness (QED) is 0.578. The number of fused-ring (bicyclic) bond motifs is 3. The standard InChI is InChI=1S/C23H20N2O5S/c1-12-13(2)22(24(20(12)26)15-7-8-31-11-15)30-10-18-17-9-14-5-3-4-6-16(14)19(17)25(21(18)27)23(28)29/h3-8,10-11,17,19,22H,9H2,1-2H3,(H,28,29)/b18-10+. The van der Waals surface area contributed by atoms with E-state index in [0.717, 1.165) is 27.3 Å². The average molecular weight is 436 g/mol. The second-order valence-corrected chi connectivity index (χ2v) is 8.72. The van der Waals surface area contributed by atoms with Crippen LogP contribution in [0.2, 0.25) is 0 Å². The summed E-state index contributed by atoms with van der Waals surface area (Å²) < 4.78 is 6.03. The molecule has 5 rings (SSSR count). The van der Waals surface area contributed by atoms with Crippen molar-refractivity contribution < 1.29 is 24.2 Å². The number of anilines is 1. The molecule has 3 unspecified atom stereocenters. The molecule has 0 saturated carbocycles. The zero-order valence-corrected chi connectivity index (χ0v) is 17.8. The molecule has 31 heavy (non-hydrogen) atoms. The molecule has 0 radical (unpaired) electrons. The minimum absolute atomic E-state index is 0.143. The molecule has 3 heterocycles. The van der Waals surface area contributed by atoms with E-state index >= 15 is 0 Å². The largest absolute Gasteiger partial charge is 0.473 e. The van der Waals surface area contributed by atoms with Crippen LogP contribution in [0.1, 0.15) is 31.0 Å². The van der Waals surface area contributed by atoms with Gasteiger partial charge in [0.05, 0.1) is 23.6 Å². The lowest BCUT2D eigenvalue weighted by Crippen LogP contribution is -2.36. The van der Waals surface area contributed by atoms with Crippen molar-refractivity contribution in [1.29, 1.82) is 0 Å². The van der Waals surface area contributed by atoms with Crippen molar-refractivity contribution in [1.82, 2.24) is 4.90 Å². The number of carbonyl (C=O) groups is 3. The first-order valence-corrected chi connectivity index (χ1v) is 10.9. The summed E-state index contributed by atoms with van der Waals surface area (Å²) in [6.07, 6.45) is -0.0163. The molecule has 1 fully saturated rings. The molecule has 1 aromatic heterocycles. The number of carboxylic acid groups (broad SMARTS) is 1. The van der Waals surface area contributed by atoms with Gasteiger partial charge in [0.1, 0.15) is 0 Å². The molecule has 3 aliphatic rings. The van der Waals surface area contributed by atoms with Crippen molar-refractivity contribution >= 4 is 34.9 Å². The number of ether oxygens (including phenoxy) is 1. The van der Waals surface area contributed by atoms with Gasteiger partial charge in [0.2, 0.25) is 6.23 Å². The van der Waals surface area contributed by atoms with E-state index in [0.29, 0.717) is 17.6 Å². The van der Waals surface area contributed by atoms with Gasteiger partial charge in [0, 0.05) is 16.9 Å². The fraction of sp³-hybridized carbons (Fsp3) is 0.261. The number of hydrogen-bond donors (Lipinski definition) is 1. The van der Waals surface area contributed by atoms with E-state index in [1.807, 2.05) is 48.0 Å². The maximum atomic E-state index is 13.0. The number of benzene rings is 1. The molecule has 0 spiro atoms. The van der Waals surface area contributed by atoms with Crippen LogP contribution in [0.15, 0.2) is 64.1 Å². The lowest BCUT2D eigenvalue weighted by atomic mass is 9.97. The van der Waals surface area contributed by atoms with Gasteiger partial charge in [0.25, 0.3) is 11.8 Å². The van der Waals surface area contributed by atoms with Crippen LogP contribution in [-0.4, -0.2) is 34.1 Å². The van der Waals surface area contributed by atoms with Crippen molar-refractivity contribution in [3.63, 3.8) is 0 Å². The fourth-order valence-electron chi connectivity index (χ4n) is 4.72.